The molecule has 0 aliphatic carbocycles. The number of benzene rings is 3. The van der Waals surface area contributed by atoms with Gasteiger partial charge in [-0.15, -0.1) is 0 Å². The number of amides is 1. The highest BCUT2D eigenvalue weighted by Gasteiger charge is 2.38. The van der Waals surface area contributed by atoms with E-state index in [4.69, 9.17) is 27.9 Å². The van der Waals surface area contributed by atoms with Crippen molar-refractivity contribution in [2.45, 2.75) is 12.8 Å². The standard InChI is InChI=1S/C29H23Cl2N3O3S/c1-2-37-29(36)26-25(21-10-6-7-11-23(21)31)22(16-32)28(34-27(26)18-8-4-3-5-9-18)38-17-24(35)33-20-14-12-19(30)13-15-20/h3-15,25,34H,2,17H2,1H3,(H,33,35)/t25-/m1/s1. The van der Waals surface area contributed by atoms with Gasteiger partial charge < -0.3 is 15.4 Å². The summed E-state index contributed by atoms with van der Waals surface area (Å²) in [6, 6.07) is 25.4. The highest BCUT2D eigenvalue weighted by atomic mass is 35.5. The Morgan fingerprint density at radius 3 is 2.37 bits per heavy atom. The van der Waals surface area contributed by atoms with Gasteiger partial charge in [0.1, 0.15) is 0 Å². The lowest BCUT2D eigenvalue weighted by Gasteiger charge is -2.31. The molecule has 0 radical (unpaired) electrons. The van der Waals surface area contributed by atoms with Crippen molar-refractivity contribution in [3.63, 3.8) is 0 Å². The van der Waals surface area contributed by atoms with Crippen molar-refractivity contribution in [3.05, 3.63) is 116 Å². The van der Waals surface area contributed by atoms with Crippen molar-refractivity contribution >= 4 is 58.2 Å². The minimum Gasteiger partial charge on any atom is -0.463 e. The number of anilines is 1. The van der Waals surface area contributed by atoms with Crippen LogP contribution in [0.25, 0.3) is 5.70 Å². The van der Waals surface area contributed by atoms with E-state index >= 15 is 0 Å². The van der Waals surface area contributed by atoms with Gasteiger partial charge in [0.2, 0.25) is 5.91 Å². The maximum absolute atomic E-state index is 13.4. The Morgan fingerprint density at radius 1 is 1.03 bits per heavy atom. The van der Waals surface area contributed by atoms with Gasteiger partial charge in [-0.05, 0) is 48.4 Å². The van der Waals surface area contributed by atoms with Crippen LogP contribution in [0.2, 0.25) is 10.0 Å². The van der Waals surface area contributed by atoms with Gasteiger partial charge in [0.05, 0.1) is 46.2 Å². The Kier molecular flexibility index (Phi) is 9.14. The molecular weight excluding hydrogens is 541 g/mol. The Hall–Kier alpha value is -3.70. The van der Waals surface area contributed by atoms with Gasteiger partial charge in [-0.2, -0.15) is 5.26 Å². The summed E-state index contributed by atoms with van der Waals surface area (Å²) in [4.78, 5) is 26.1. The van der Waals surface area contributed by atoms with E-state index in [9.17, 15) is 14.9 Å². The second-order valence-electron chi connectivity index (χ2n) is 8.15. The van der Waals surface area contributed by atoms with Crippen molar-refractivity contribution in [3.8, 4) is 6.07 Å². The van der Waals surface area contributed by atoms with Crippen molar-refractivity contribution < 1.29 is 14.3 Å². The van der Waals surface area contributed by atoms with E-state index in [0.29, 0.717) is 32.0 Å². The molecule has 3 aromatic rings. The first-order chi connectivity index (χ1) is 18.4. The molecule has 0 saturated heterocycles. The number of ether oxygens (including phenoxy) is 1. The minimum atomic E-state index is -0.800. The molecule has 0 fully saturated rings. The summed E-state index contributed by atoms with van der Waals surface area (Å²) < 4.78 is 5.43. The topological polar surface area (TPSA) is 91.2 Å². The van der Waals surface area contributed by atoms with Crippen LogP contribution < -0.4 is 10.6 Å². The average molecular weight is 564 g/mol. The Labute approximate surface area is 235 Å². The highest BCUT2D eigenvalue weighted by Crippen LogP contribution is 2.45. The molecule has 3 aromatic carbocycles. The molecule has 4 rings (SSSR count). The lowest BCUT2D eigenvalue weighted by molar-refractivity contribution is -0.138. The predicted molar refractivity (Wildman–Crippen MR) is 153 cm³/mol. The Balaban J connectivity index is 1.76. The fourth-order valence-corrected chi connectivity index (χ4v) is 5.26. The lowest BCUT2D eigenvalue weighted by Crippen LogP contribution is -2.30. The van der Waals surface area contributed by atoms with Gasteiger partial charge in [-0.1, -0.05) is 83.5 Å². The molecule has 6 nitrogen and oxygen atoms in total. The van der Waals surface area contributed by atoms with Crippen LogP contribution in [0.3, 0.4) is 0 Å². The van der Waals surface area contributed by atoms with Gasteiger partial charge in [-0.3, -0.25) is 4.79 Å². The quantitative estimate of drug-likeness (QED) is 0.294. The smallest absolute Gasteiger partial charge is 0.337 e. The summed E-state index contributed by atoms with van der Waals surface area (Å²) in [5.74, 6) is -1.60. The van der Waals surface area contributed by atoms with E-state index in [0.717, 1.165) is 5.56 Å². The molecule has 9 heteroatoms. The van der Waals surface area contributed by atoms with E-state index in [1.165, 1.54) is 11.8 Å². The molecule has 0 unspecified atom stereocenters. The molecule has 1 aliphatic rings. The first-order valence-corrected chi connectivity index (χ1v) is 13.5. The Morgan fingerprint density at radius 2 is 1.71 bits per heavy atom. The minimum absolute atomic E-state index is 0.0161. The normalized spacial score (nSPS) is 14.9. The van der Waals surface area contributed by atoms with Crippen LogP contribution in [-0.2, 0) is 14.3 Å². The van der Waals surface area contributed by atoms with E-state index in [1.54, 1.807) is 55.5 Å². The number of esters is 1. The largest absolute Gasteiger partial charge is 0.463 e. The van der Waals surface area contributed by atoms with E-state index in [1.807, 2.05) is 30.3 Å². The van der Waals surface area contributed by atoms with Crippen molar-refractivity contribution in [1.82, 2.24) is 5.32 Å². The molecule has 1 aliphatic heterocycles. The zero-order chi connectivity index (χ0) is 27.1. The summed E-state index contributed by atoms with van der Waals surface area (Å²) >= 11 is 13.7. The highest BCUT2D eigenvalue weighted by molar-refractivity contribution is 8.03. The summed E-state index contributed by atoms with van der Waals surface area (Å²) in [7, 11) is 0. The number of carbonyl (C=O) groups excluding carboxylic acids is 2. The number of hydrogen-bond donors (Lipinski definition) is 2. The molecule has 0 saturated carbocycles. The molecule has 0 bridgehead atoms. The molecule has 38 heavy (non-hydrogen) atoms. The zero-order valence-electron chi connectivity index (χ0n) is 20.3. The van der Waals surface area contributed by atoms with Gasteiger partial charge in [0, 0.05) is 15.7 Å². The van der Waals surface area contributed by atoms with E-state index in [-0.39, 0.29) is 29.4 Å². The third-order valence-electron chi connectivity index (χ3n) is 5.70. The van der Waals surface area contributed by atoms with Gasteiger partial charge in [0.25, 0.3) is 0 Å². The van der Waals surface area contributed by atoms with Crippen LogP contribution in [0, 0.1) is 11.3 Å². The fraction of sp³-hybridized carbons (Fsp3) is 0.138. The summed E-state index contributed by atoms with van der Waals surface area (Å²) in [5.41, 5.74) is 2.96. The van der Waals surface area contributed by atoms with Gasteiger partial charge in [0.15, 0.2) is 0 Å². The van der Waals surface area contributed by atoms with E-state index in [2.05, 4.69) is 16.7 Å². The monoisotopic (exact) mass is 563 g/mol. The summed E-state index contributed by atoms with van der Waals surface area (Å²) in [5, 5.41) is 17.8. The number of nitrogens with zero attached hydrogens (tertiary/aromatic N) is 1. The summed E-state index contributed by atoms with van der Waals surface area (Å²) in [6.45, 7) is 1.89. The zero-order valence-corrected chi connectivity index (χ0v) is 22.7. The number of rotatable bonds is 8. The number of allylic oxidation sites excluding steroid dienone is 1. The number of nitriles is 1. The molecule has 1 atom stereocenters. The fourth-order valence-electron chi connectivity index (χ4n) is 4.05. The van der Waals surface area contributed by atoms with Crippen LogP contribution in [0.1, 0.15) is 24.0 Å². The molecule has 1 heterocycles. The van der Waals surface area contributed by atoms with Gasteiger partial charge in [-0.25, -0.2) is 4.79 Å². The van der Waals surface area contributed by atoms with E-state index < -0.39 is 11.9 Å². The van der Waals surface area contributed by atoms with Crippen LogP contribution in [0.4, 0.5) is 5.69 Å². The number of halogens is 2. The molecule has 0 aromatic heterocycles. The first-order valence-electron chi connectivity index (χ1n) is 11.7. The number of carbonyl (C=O) groups is 2. The molecule has 2 N–H and O–H groups in total. The SMILES string of the molecule is CCOC(=O)C1=C(c2ccccc2)NC(SCC(=O)Nc2ccc(Cl)cc2)=C(C#N)[C@H]1c1ccccc1Cl. The predicted octanol–water partition coefficient (Wildman–Crippen LogP) is 6.76. The van der Waals surface area contributed by atoms with Crippen molar-refractivity contribution in [2.24, 2.45) is 0 Å². The maximum atomic E-state index is 13.4. The number of thioether (sulfide) groups is 1. The Bertz CT molecular complexity index is 1450. The molecule has 1 amide bonds. The summed E-state index contributed by atoms with van der Waals surface area (Å²) in [6.07, 6.45) is 0. The molecular formula is C29H23Cl2N3O3S. The molecule has 0 spiro atoms. The second-order valence-corrected chi connectivity index (χ2v) is 9.98. The third-order valence-corrected chi connectivity index (χ3v) is 7.31. The number of dihydropyridines is 1. The van der Waals surface area contributed by atoms with Crippen molar-refractivity contribution in [1.29, 1.82) is 5.26 Å². The third kappa shape index (κ3) is 6.22. The van der Waals surface area contributed by atoms with Crippen LogP contribution in [0.5, 0.6) is 0 Å². The maximum Gasteiger partial charge on any atom is 0.337 e. The second kappa shape index (κ2) is 12.7. The van der Waals surface area contributed by atoms with Crippen LogP contribution in [-0.4, -0.2) is 24.2 Å². The van der Waals surface area contributed by atoms with Crippen LogP contribution >= 0.6 is 35.0 Å². The lowest BCUT2D eigenvalue weighted by atomic mass is 9.81. The average Bonchev–Trinajstić information content (AvgIpc) is 2.93. The van der Waals surface area contributed by atoms with Crippen molar-refractivity contribution in [2.75, 3.05) is 17.7 Å². The number of nitrogens with one attached hydrogen (secondary N) is 2. The first kappa shape index (κ1) is 27.3. The van der Waals surface area contributed by atoms with Gasteiger partial charge >= 0.3 is 5.97 Å². The van der Waals surface area contributed by atoms with Crippen LogP contribution in [0.15, 0.2) is 95.0 Å². The number of hydrogen-bond acceptors (Lipinski definition) is 6. The molecule has 192 valence electrons.